The summed E-state index contributed by atoms with van der Waals surface area (Å²) in [6, 6.07) is 16.0. The summed E-state index contributed by atoms with van der Waals surface area (Å²) in [5.41, 5.74) is 1.74. The zero-order valence-electron chi connectivity index (χ0n) is 19.1. The maximum absolute atomic E-state index is 12.5. The van der Waals surface area contributed by atoms with Gasteiger partial charge in [-0.3, -0.25) is 4.79 Å². The summed E-state index contributed by atoms with van der Waals surface area (Å²) < 4.78 is 23.6. The number of fused-ring (bicyclic) bond motifs is 1. The molecule has 2 heterocycles. The van der Waals surface area contributed by atoms with Gasteiger partial charge in [0.2, 0.25) is 5.88 Å². The van der Waals surface area contributed by atoms with Crippen LogP contribution in [0, 0.1) is 0 Å². The van der Waals surface area contributed by atoms with Gasteiger partial charge in [0.05, 0.1) is 38.5 Å². The summed E-state index contributed by atoms with van der Waals surface area (Å²) in [5, 5.41) is 15.7. The first-order valence-electron chi connectivity index (χ1n) is 10.7. The first-order chi connectivity index (χ1) is 16.6. The van der Waals surface area contributed by atoms with Crippen LogP contribution < -0.4 is 24.3 Å². The Morgan fingerprint density at radius 1 is 0.971 bits per heavy atom. The number of nitrogens with one attached hydrogen (secondary N) is 1. The number of benzene rings is 2. The Morgan fingerprint density at radius 2 is 1.82 bits per heavy atom. The van der Waals surface area contributed by atoms with Crippen molar-refractivity contribution in [3.8, 4) is 34.5 Å². The van der Waals surface area contributed by atoms with Gasteiger partial charge >= 0.3 is 0 Å². The Hall–Kier alpha value is -4.34. The van der Waals surface area contributed by atoms with Crippen LogP contribution in [0.2, 0.25) is 0 Å². The number of nitrogens with zero attached hydrogens (tertiary/aromatic N) is 4. The van der Waals surface area contributed by atoms with E-state index in [1.165, 1.54) is 0 Å². The molecule has 2 aromatic carbocycles. The molecule has 0 bridgehead atoms. The van der Waals surface area contributed by atoms with E-state index in [0.29, 0.717) is 58.9 Å². The van der Waals surface area contributed by atoms with Crippen molar-refractivity contribution in [1.82, 2.24) is 25.1 Å². The van der Waals surface area contributed by atoms with Gasteiger partial charge in [-0.15, -0.1) is 15.3 Å². The fourth-order valence-electron chi connectivity index (χ4n) is 3.35. The molecule has 10 nitrogen and oxygen atoms in total. The van der Waals surface area contributed by atoms with Crippen LogP contribution >= 0.6 is 0 Å². The second-order valence-corrected chi connectivity index (χ2v) is 7.06. The zero-order valence-corrected chi connectivity index (χ0v) is 19.1. The number of amides is 1. The second kappa shape index (κ2) is 10.5. The van der Waals surface area contributed by atoms with E-state index in [0.717, 1.165) is 0 Å². The third-order valence-electron chi connectivity index (χ3n) is 4.96. The van der Waals surface area contributed by atoms with E-state index in [1.807, 2.05) is 25.1 Å². The van der Waals surface area contributed by atoms with E-state index >= 15 is 0 Å². The Morgan fingerprint density at radius 3 is 2.62 bits per heavy atom. The largest absolute Gasteiger partial charge is 0.497 e. The summed E-state index contributed by atoms with van der Waals surface area (Å²) in [6.45, 7) is 2.87. The average molecular weight is 463 g/mol. The smallest absolute Gasteiger partial charge is 0.255 e. The summed E-state index contributed by atoms with van der Waals surface area (Å²) in [5.74, 6) is 2.42. The van der Waals surface area contributed by atoms with E-state index in [4.69, 9.17) is 18.9 Å². The predicted octanol–water partition coefficient (Wildman–Crippen LogP) is 3.02. The van der Waals surface area contributed by atoms with Crippen LogP contribution in [0.3, 0.4) is 0 Å². The highest BCUT2D eigenvalue weighted by molar-refractivity contribution is 5.96. The number of carbonyl (C=O) groups excluding carboxylic acids is 1. The fraction of sp³-hybridized carbons (Fsp3) is 0.250. The highest BCUT2D eigenvalue weighted by atomic mass is 16.5. The third-order valence-corrected chi connectivity index (χ3v) is 4.96. The first-order valence-corrected chi connectivity index (χ1v) is 10.7. The highest BCUT2D eigenvalue weighted by Gasteiger charge is 2.16. The number of para-hydroxylation sites is 1. The van der Waals surface area contributed by atoms with Crippen molar-refractivity contribution in [2.45, 2.75) is 6.92 Å². The Kier molecular flexibility index (Phi) is 7.07. The molecule has 0 aliphatic heterocycles. The Balaban J connectivity index is 1.44. The molecule has 0 aliphatic carbocycles. The molecule has 0 saturated carbocycles. The molecule has 2 aromatic heterocycles. The molecule has 34 heavy (non-hydrogen) atoms. The van der Waals surface area contributed by atoms with E-state index in [1.54, 1.807) is 55.1 Å². The number of hydrogen-bond acceptors (Lipinski definition) is 8. The minimum Gasteiger partial charge on any atom is -0.497 e. The molecule has 0 atom stereocenters. The van der Waals surface area contributed by atoms with Crippen LogP contribution in [-0.2, 0) is 0 Å². The number of methoxy groups -OCH3 is 2. The standard InChI is InChI=1S/C24H25N5O5/c1-4-33-19-8-6-5-7-18(19)24(30)25-13-14-34-22-12-11-21-26-27-23(29(21)28-22)17-10-9-16(31-2)15-20(17)32-3/h5-12,15H,4,13-14H2,1-3H3,(H,25,30). The molecule has 4 rings (SSSR count). The van der Waals surface area contributed by atoms with Crippen LogP contribution in [0.25, 0.3) is 17.0 Å². The minimum atomic E-state index is -0.233. The fourth-order valence-corrected chi connectivity index (χ4v) is 3.35. The number of hydrogen-bond donors (Lipinski definition) is 1. The van der Waals surface area contributed by atoms with Crippen LogP contribution in [0.15, 0.2) is 54.6 Å². The molecule has 1 N–H and O–H groups in total. The monoisotopic (exact) mass is 463 g/mol. The molecule has 0 saturated heterocycles. The summed E-state index contributed by atoms with van der Waals surface area (Å²) in [6.07, 6.45) is 0. The van der Waals surface area contributed by atoms with Crippen molar-refractivity contribution in [2.24, 2.45) is 0 Å². The molecule has 0 unspecified atom stereocenters. The van der Waals surface area contributed by atoms with Gasteiger partial charge in [-0.2, -0.15) is 4.52 Å². The number of rotatable bonds is 10. The molecule has 0 fully saturated rings. The molecule has 0 aliphatic rings. The normalized spacial score (nSPS) is 10.7. The lowest BCUT2D eigenvalue weighted by molar-refractivity contribution is 0.0942. The zero-order chi connectivity index (χ0) is 23.9. The van der Waals surface area contributed by atoms with Crippen molar-refractivity contribution in [1.29, 1.82) is 0 Å². The van der Waals surface area contributed by atoms with E-state index in [9.17, 15) is 4.79 Å². The van der Waals surface area contributed by atoms with Crippen molar-refractivity contribution in [2.75, 3.05) is 34.0 Å². The van der Waals surface area contributed by atoms with Gasteiger partial charge in [0.25, 0.3) is 5.91 Å². The number of aromatic nitrogens is 4. The molecule has 10 heteroatoms. The molecule has 4 aromatic rings. The Labute approximate surface area is 196 Å². The molecular formula is C24H25N5O5. The Bertz CT molecular complexity index is 1290. The lowest BCUT2D eigenvalue weighted by Gasteiger charge is -2.11. The SMILES string of the molecule is CCOc1ccccc1C(=O)NCCOc1ccc2nnc(-c3ccc(OC)cc3OC)n2n1. The predicted molar refractivity (Wildman–Crippen MR) is 125 cm³/mol. The molecular weight excluding hydrogens is 438 g/mol. The molecule has 176 valence electrons. The molecule has 1 amide bonds. The van der Waals surface area contributed by atoms with Crippen molar-refractivity contribution in [3.05, 3.63) is 60.2 Å². The molecule has 0 spiro atoms. The lowest BCUT2D eigenvalue weighted by Crippen LogP contribution is -2.28. The quantitative estimate of drug-likeness (QED) is 0.358. The van der Waals surface area contributed by atoms with E-state index in [-0.39, 0.29) is 12.5 Å². The van der Waals surface area contributed by atoms with Crippen LogP contribution in [0.1, 0.15) is 17.3 Å². The van der Waals surface area contributed by atoms with Crippen LogP contribution in [0.4, 0.5) is 0 Å². The number of carbonyl (C=O) groups is 1. The van der Waals surface area contributed by atoms with Gasteiger partial charge in [-0.25, -0.2) is 0 Å². The van der Waals surface area contributed by atoms with Gasteiger partial charge in [0, 0.05) is 12.1 Å². The second-order valence-electron chi connectivity index (χ2n) is 7.06. The first kappa shape index (κ1) is 22.8. The van der Waals surface area contributed by atoms with Gasteiger partial charge in [0.1, 0.15) is 23.9 Å². The summed E-state index contributed by atoms with van der Waals surface area (Å²) in [4.78, 5) is 12.5. The van der Waals surface area contributed by atoms with Gasteiger partial charge in [-0.1, -0.05) is 12.1 Å². The molecule has 0 radical (unpaired) electrons. The van der Waals surface area contributed by atoms with E-state index < -0.39 is 0 Å². The lowest BCUT2D eigenvalue weighted by atomic mass is 10.2. The minimum absolute atomic E-state index is 0.227. The van der Waals surface area contributed by atoms with Gasteiger partial charge < -0.3 is 24.3 Å². The van der Waals surface area contributed by atoms with Crippen molar-refractivity contribution < 1.29 is 23.7 Å². The van der Waals surface area contributed by atoms with Crippen molar-refractivity contribution >= 4 is 11.6 Å². The van der Waals surface area contributed by atoms with Gasteiger partial charge in [-0.05, 0) is 37.3 Å². The van der Waals surface area contributed by atoms with E-state index in [2.05, 4.69) is 20.6 Å². The summed E-state index contributed by atoms with van der Waals surface area (Å²) in [7, 11) is 3.16. The topological polar surface area (TPSA) is 109 Å². The van der Waals surface area contributed by atoms with Crippen molar-refractivity contribution in [3.63, 3.8) is 0 Å². The average Bonchev–Trinajstić information content (AvgIpc) is 3.29. The van der Waals surface area contributed by atoms with Crippen LogP contribution in [-0.4, -0.2) is 59.7 Å². The van der Waals surface area contributed by atoms with Gasteiger partial charge in [0.15, 0.2) is 11.5 Å². The third kappa shape index (κ3) is 4.85. The summed E-state index contributed by atoms with van der Waals surface area (Å²) >= 11 is 0. The maximum Gasteiger partial charge on any atom is 0.255 e. The number of ether oxygens (including phenoxy) is 4. The maximum atomic E-state index is 12.5. The van der Waals surface area contributed by atoms with Crippen LogP contribution in [0.5, 0.6) is 23.1 Å². The highest BCUT2D eigenvalue weighted by Crippen LogP contribution is 2.32.